The van der Waals surface area contributed by atoms with Crippen LogP contribution in [0.3, 0.4) is 0 Å². The summed E-state index contributed by atoms with van der Waals surface area (Å²) in [6.45, 7) is 6.41. The molecule has 0 aliphatic carbocycles. The van der Waals surface area contributed by atoms with Crippen LogP contribution in [0.25, 0.3) is 0 Å². The molecule has 3 rings (SSSR count). The number of aryl methyl sites for hydroxylation is 1. The van der Waals surface area contributed by atoms with E-state index in [-0.39, 0.29) is 11.8 Å². The first-order chi connectivity index (χ1) is 9.58. The number of piperidine rings is 1. The molecule has 1 aromatic rings. The smallest absolute Gasteiger partial charge is 0.292 e. The highest BCUT2D eigenvalue weighted by atomic mass is 16.7. The molecule has 2 fully saturated rings. The average molecular weight is 280 g/mol. The Bertz CT molecular complexity index is 493. The third-order valence-electron chi connectivity index (χ3n) is 4.15. The molecule has 6 nitrogen and oxygen atoms in total. The molecule has 1 aromatic heterocycles. The molecule has 3 heterocycles. The second-order valence-corrected chi connectivity index (χ2v) is 5.64. The van der Waals surface area contributed by atoms with E-state index in [2.05, 4.69) is 5.16 Å². The Morgan fingerprint density at radius 1 is 1.45 bits per heavy atom. The van der Waals surface area contributed by atoms with Gasteiger partial charge in [0.15, 0.2) is 5.79 Å². The zero-order valence-corrected chi connectivity index (χ0v) is 11.9. The monoisotopic (exact) mass is 280 g/mol. The molecule has 0 spiro atoms. The van der Waals surface area contributed by atoms with E-state index < -0.39 is 5.79 Å². The van der Waals surface area contributed by atoms with Crippen LogP contribution in [-0.2, 0) is 9.47 Å². The van der Waals surface area contributed by atoms with Crippen molar-refractivity contribution in [2.75, 3.05) is 26.3 Å². The van der Waals surface area contributed by atoms with Crippen LogP contribution in [0, 0.1) is 12.8 Å². The summed E-state index contributed by atoms with van der Waals surface area (Å²) in [4.78, 5) is 14.2. The second-order valence-electron chi connectivity index (χ2n) is 5.64. The number of amides is 1. The van der Waals surface area contributed by atoms with Crippen LogP contribution >= 0.6 is 0 Å². The van der Waals surface area contributed by atoms with E-state index in [9.17, 15) is 4.79 Å². The van der Waals surface area contributed by atoms with Crippen LogP contribution in [0.15, 0.2) is 10.6 Å². The van der Waals surface area contributed by atoms with Gasteiger partial charge in [-0.1, -0.05) is 5.16 Å². The van der Waals surface area contributed by atoms with E-state index in [1.807, 2.05) is 11.8 Å². The lowest BCUT2D eigenvalue weighted by Gasteiger charge is -2.39. The topological polar surface area (TPSA) is 64.8 Å². The van der Waals surface area contributed by atoms with E-state index in [0.29, 0.717) is 25.5 Å². The number of rotatable bonds is 2. The number of aromatic nitrogens is 1. The number of carbonyl (C=O) groups is 1. The Balaban J connectivity index is 1.70. The summed E-state index contributed by atoms with van der Waals surface area (Å²) < 4.78 is 16.5. The van der Waals surface area contributed by atoms with Gasteiger partial charge < -0.3 is 18.9 Å². The number of carbonyl (C=O) groups excluding carboxylic acids is 1. The SMILES string of the molecule is Cc1cc(C(=O)N2CCCC(C3(C)OCCO3)C2)on1. The van der Waals surface area contributed by atoms with E-state index in [4.69, 9.17) is 14.0 Å². The van der Waals surface area contributed by atoms with Crippen molar-refractivity contribution in [3.63, 3.8) is 0 Å². The minimum atomic E-state index is -0.559. The van der Waals surface area contributed by atoms with E-state index >= 15 is 0 Å². The molecular formula is C14H20N2O4. The van der Waals surface area contributed by atoms with Crippen LogP contribution in [0.4, 0.5) is 0 Å². The van der Waals surface area contributed by atoms with Gasteiger partial charge in [0, 0.05) is 25.1 Å². The Kier molecular flexibility index (Phi) is 3.52. The fraction of sp³-hybridized carbons (Fsp3) is 0.714. The first-order valence-corrected chi connectivity index (χ1v) is 7.09. The summed E-state index contributed by atoms with van der Waals surface area (Å²) in [6.07, 6.45) is 1.96. The molecule has 0 saturated carbocycles. The van der Waals surface area contributed by atoms with Gasteiger partial charge in [0.05, 0.1) is 18.9 Å². The van der Waals surface area contributed by atoms with E-state index in [0.717, 1.165) is 25.1 Å². The summed E-state index contributed by atoms with van der Waals surface area (Å²) >= 11 is 0. The minimum Gasteiger partial charge on any atom is -0.351 e. The summed E-state index contributed by atoms with van der Waals surface area (Å²) in [7, 11) is 0. The van der Waals surface area contributed by atoms with Gasteiger partial charge in [0.2, 0.25) is 5.76 Å². The second kappa shape index (κ2) is 5.18. The summed E-state index contributed by atoms with van der Waals surface area (Å²) in [5.41, 5.74) is 0.719. The van der Waals surface area contributed by atoms with Crippen molar-refractivity contribution >= 4 is 5.91 Å². The van der Waals surface area contributed by atoms with Gasteiger partial charge in [-0.2, -0.15) is 0 Å². The highest BCUT2D eigenvalue weighted by Gasteiger charge is 2.42. The predicted molar refractivity (Wildman–Crippen MR) is 70.2 cm³/mol. The third-order valence-corrected chi connectivity index (χ3v) is 4.15. The Morgan fingerprint density at radius 3 is 2.85 bits per heavy atom. The Morgan fingerprint density at radius 2 is 2.20 bits per heavy atom. The lowest BCUT2D eigenvalue weighted by molar-refractivity contribution is -0.189. The van der Waals surface area contributed by atoms with Crippen LogP contribution in [0.5, 0.6) is 0 Å². The van der Waals surface area contributed by atoms with Crippen molar-refractivity contribution in [3.8, 4) is 0 Å². The van der Waals surface area contributed by atoms with Crippen LogP contribution in [-0.4, -0.2) is 48.1 Å². The molecule has 0 N–H and O–H groups in total. The van der Waals surface area contributed by atoms with Gasteiger partial charge >= 0.3 is 0 Å². The number of hydrogen-bond donors (Lipinski definition) is 0. The maximum Gasteiger partial charge on any atom is 0.292 e. The van der Waals surface area contributed by atoms with Gasteiger partial charge in [0.25, 0.3) is 5.91 Å². The standard InChI is InChI=1S/C14H20N2O4/c1-10-8-12(20-15-10)13(17)16-5-3-4-11(9-16)14(2)18-6-7-19-14/h8,11H,3-7,9H2,1-2H3. The Hall–Kier alpha value is -1.40. The molecule has 20 heavy (non-hydrogen) atoms. The molecule has 110 valence electrons. The largest absolute Gasteiger partial charge is 0.351 e. The molecule has 2 aliphatic heterocycles. The van der Waals surface area contributed by atoms with Crippen molar-refractivity contribution in [1.82, 2.24) is 10.1 Å². The Labute approximate surface area is 118 Å². The van der Waals surface area contributed by atoms with Crippen molar-refractivity contribution in [3.05, 3.63) is 17.5 Å². The molecule has 6 heteroatoms. The van der Waals surface area contributed by atoms with Crippen molar-refractivity contribution < 1.29 is 18.8 Å². The molecule has 1 atom stereocenters. The first kappa shape index (κ1) is 13.6. The summed E-state index contributed by atoms with van der Waals surface area (Å²) in [5.74, 6) is -0.152. The number of ether oxygens (including phenoxy) is 2. The van der Waals surface area contributed by atoms with Crippen molar-refractivity contribution in [2.24, 2.45) is 5.92 Å². The molecule has 0 aromatic carbocycles. The van der Waals surface area contributed by atoms with Crippen LogP contribution in [0.2, 0.25) is 0 Å². The molecule has 2 saturated heterocycles. The predicted octanol–water partition coefficient (Wildman–Crippen LogP) is 1.60. The number of nitrogens with zero attached hydrogens (tertiary/aromatic N) is 2. The molecule has 0 bridgehead atoms. The lowest BCUT2D eigenvalue weighted by Crippen LogP contribution is -2.48. The van der Waals surface area contributed by atoms with Gasteiger partial charge in [-0.05, 0) is 26.7 Å². The maximum absolute atomic E-state index is 12.4. The summed E-state index contributed by atoms with van der Waals surface area (Å²) in [5, 5.41) is 3.77. The van der Waals surface area contributed by atoms with Crippen LogP contribution in [0.1, 0.15) is 36.0 Å². The van der Waals surface area contributed by atoms with E-state index in [1.54, 1.807) is 13.0 Å². The molecule has 1 amide bonds. The van der Waals surface area contributed by atoms with Gasteiger partial charge in [-0.25, -0.2) is 0 Å². The quantitative estimate of drug-likeness (QED) is 0.823. The lowest BCUT2D eigenvalue weighted by atomic mass is 9.90. The highest BCUT2D eigenvalue weighted by molar-refractivity contribution is 5.91. The molecular weight excluding hydrogens is 260 g/mol. The molecule has 0 radical (unpaired) electrons. The normalized spacial score (nSPS) is 25.9. The first-order valence-electron chi connectivity index (χ1n) is 7.09. The fourth-order valence-corrected chi connectivity index (χ4v) is 2.98. The zero-order valence-electron chi connectivity index (χ0n) is 11.9. The maximum atomic E-state index is 12.4. The minimum absolute atomic E-state index is 0.100. The van der Waals surface area contributed by atoms with Gasteiger partial charge in [0.1, 0.15) is 0 Å². The zero-order chi connectivity index (χ0) is 14.2. The van der Waals surface area contributed by atoms with E-state index in [1.165, 1.54) is 0 Å². The van der Waals surface area contributed by atoms with Crippen molar-refractivity contribution in [2.45, 2.75) is 32.5 Å². The van der Waals surface area contributed by atoms with Crippen LogP contribution < -0.4 is 0 Å². The average Bonchev–Trinajstić information content (AvgIpc) is 3.08. The summed E-state index contributed by atoms with van der Waals surface area (Å²) in [6, 6.07) is 1.68. The highest BCUT2D eigenvalue weighted by Crippen LogP contribution is 2.34. The number of hydrogen-bond acceptors (Lipinski definition) is 5. The fourth-order valence-electron chi connectivity index (χ4n) is 2.98. The molecule has 2 aliphatic rings. The third kappa shape index (κ3) is 2.45. The molecule has 1 unspecified atom stereocenters. The number of likely N-dealkylation sites (tertiary alicyclic amines) is 1. The van der Waals surface area contributed by atoms with Gasteiger partial charge in [-0.3, -0.25) is 4.79 Å². The van der Waals surface area contributed by atoms with Crippen molar-refractivity contribution in [1.29, 1.82) is 0 Å². The van der Waals surface area contributed by atoms with Gasteiger partial charge in [-0.15, -0.1) is 0 Å².